The fourth-order valence-corrected chi connectivity index (χ4v) is 3.75. The van der Waals surface area contributed by atoms with E-state index in [1.165, 1.54) is 0 Å². The number of rotatable bonds is 11. The molecule has 3 rings (SSSR count). The molecule has 166 valence electrons. The van der Waals surface area contributed by atoms with Crippen LogP contribution in [-0.2, 0) is 27.3 Å². The molecule has 6 heteroatoms. The smallest absolute Gasteiger partial charge is 0.410 e. The maximum atomic E-state index is 12.5. The molecule has 2 aromatic carbocycles. The third-order valence-corrected chi connectivity index (χ3v) is 5.37. The molecule has 1 heterocycles. The molecule has 0 spiro atoms. The summed E-state index contributed by atoms with van der Waals surface area (Å²) in [5.74, 6) is 0.431. The maximum Gasteiger partial charge on any atom is 0.410 e. The van der Waals surface area contributed by atoms with Crippen LogP contribution in [0.2, 0.25) is 0 Å². The Morgan fingerprint density at radius 2 is 1.84 bits per heavy atom. The van der Waals surface area contributed by atoms with Crippen molar-refractivity contribution in [1.82, 2.24) is 4.90 Å². The van der Waals surface area contributed by atoms with Crippen molar-refractivity contribution in [2.24, 2.45) is 0 Å². The van der Waals surface area contributed by atoms with Gasteiger partial charge in [-0.15, -0.1) is 0 Å². The van der Waals surface area contributed by atoms with Gasteiger partial charge in [0.25, 0.3) is 0 Å². The highest BCUT2D eigenvalue weighted by atomic mass is 16.6. The number of amides is 1. The third-order valence-electron chi connectivity index (χ3n) is 5.37. The SMILES string of the molecule is CCCCC(C(=O)OCC)N1C(=O)OC[C@@H]1Cc1ccc(OCc2ccccc2)cc1. The molecular formula is C25H31NO5. The molecule has 0 aliphatic carbocycles. The lowest BCUT2D eigenvalue weighted by Gasteiger charge is -2.29. The van der Waals surface area contributed by atoms with E-state index in [1.807, 2.05) is 54.6 Å². The van der Waals surface area contributed by atoms with Gasteiger partial charge in [-0.3, -0.25) is 4.90 Å². The summed E-state index contributed by atoms with van der Waals surface area (Å²) in [6.45, 7) is 4.91. The second-order valence-corrected chi connectivity index (χ2v) is 7.67. The molecule has 1 saturated heterocycles. The van der Waals surface area contributed by atoms with E-state index in [0.29, 0.717) is 26.1 Å². The van der Waals surface area contributed by atoms with Crippen molar-refractivity contribution in [3.8, 4) is 5.75 Å². The average molecular weight is 426 g/mol. The highest BCUT2D eigenvalue weighted by Crippen LogP contribution is 2.25. The van der Waals surface area contributed by atoms with Crippen LogP contribution in [0.25, 0.3) is 0 Å². The first-order chi connectivity index (χ1) is 15.1. The monoisotopic (exact) mass is 425 g/mol. The predicted octanol–water partition coefficient (Wildman–Crippen LogP) is 4.75. The van der Waals surface area contributed by atoms with Crippen LogP contribution < -0.4 is 4.74 Å². The van der Waals surface area contributed by atoms with Crippen LogP contribution in [0.1, 0.15) is 44.2 Å². The van der Waals surface area contributed by atoms with Gasteiger partial charge in [0.15, 0.2) is 0 Å². The lowest BCUT2D eigenvalue weighted by Crippen LogP contribution is -2.48. The van der Waals surface area contributed by atoms with Gasteiger partial charge < -0.3 is 14.2 Å². The first-order valence-electron chi connectivity index (χ1n) is 11.0. The Labute approximate surface area is 184 Å². The van der Waals surface area contributed by atoms with Crippen LogP contribution in [0, 0.1) is 0 Å². The molecule has 0 aromatic heterocycles. The molecule has 1 fully saturated rings. The van der Waals surface area contributed by atoms with Crippen molar-refractivity contribution in [2.45, 2.75) is 58.2 Å². The molecule has 1 amide bonds. The summed E-state index contributed by atoms with van der Waals surface area (Å²) in [6.07, 6.45) is 2.52. The number of cyclic esters (lactones) is 1. The molecule has 0 bridgehead atoms. The van der Waals surface area contributed by atoms with Crippen LogP contribution in [0.5, 0.6) is 5.75 Å². The number of unbranched alkanes of at least 4 members (excludes halogenated alkanes) is 1. The summed E-state index contributed by atoms with van der Waals surface area (Å²) in [4.78, 5) is 26.5. The van der Waals surface area contributed by atoms with Crippen molar-refractivity contribution in [3.63, 3.8) is 0 Å². The Bertz CT molecular complexity index is 837. The summed E-state index contributed by atoms with van der Waals surface area (Å²) in [7, 11) is 0. The van der Waals surface area contributed by atoms with Crippen molar-refractivity contribution < 1.29 is 23.8 Å². The van der Waals surface area contributed by atoms with Gasteiger partial charge in [-0.1, -0.05) is 62.2 Å². The third kappa shape index (κ3) is 6.23. The van der Waals surface area contributed by atoms with Crippen molar-refractivity contribution in [1.29, 1.82) is 0 Å². The Morgan fingerprint density at radius 3 is 2.52 bits per heavy atom. The van der Waals surface area contributed by atoms with Gasteiger partial charge in [0.05, 0.1) is 12.6 Å². The molecule has 0 N–H and O–H groups in total. The van der Waals surface area contributed by atoms with Crippen molar-refractivity contribution in [3.05, 3.63) is 65.7 Å². The van der Waals surface area contributed by atoms with Gasteiger partial charge in [-0.2, -0.15) is 0 Å². The number of hydrogen-bond donors (Lipinski definition) is 0. The minimum absolute atomic E-state index is 0.199. The van der Waals surface area contributed by atoms with Gasteiger partial charge in [0, 0.05) is 0 Å². The molecular weight excluding hydrogens is 394 g/mol. The number of ether oxygens (including phenoxy) is 3. The van der Waals surface area contributed by atoms with Crippen LogP contribution in [0.3, 0.4) is 0 Å². The molecule has 1 aliphatic rings. The summed E-state index contributed by atoms with van der Waals surface area (Å²) in [5.41, 5.74) is 2.17. The Hall–Kier alpha value is -3.02. The zero-order chi connectivity index (χ0) is 22.1. The summed E-state index contributed by atoms with van der Waals surface area (Å²) < 4.78 is 16.4. The Balaban J connectivity index is 1.64. The largest absolute Gasteiger partial charge is 0.489 e. The van der Waals surface area contributed by atoms with E-state index in [1.54, 1.807) is 11.8 Å². The quantitative estimate of drug-likeness (QED) is 0.486. The highest BCUT2D eigenvalue weighted by molar-refractivity contribution is 5.82. The lowest BCUT2D eigenvalue weighted by molar-refractivity contribution is -0.149. The molecule has 2 atom stereocenters. The number of nitrogens with zero attached hydrogens (tertiary/aromatic N) is 1. The van der Waals surface area contributed by atoms with Crippen LogP contribution >= 0.6 is 0 Å². The zero-order valence-corrected chi connectivity index (χ0v) is 18.3. The van der Waals surface area contributed by atoms with Gasteiger partial charge in [-0.25, -0.2) is 9.59 Å². The first-order valence-corrected chi connectivity index (χ1v) is 11.0. The van der Waals surface area contributed by atoms with Crippen molar-refractivity contribution >= 4 is 12.1 Å². The van der Waals surface area contributed by atoms with E-state index in [2.05, 4.69) is 6.92 Å². The van der Waals surface area contributed by atoms with Crippen molar-refractivity contribution in [2.75, 3.05) is 13.2 Å². The van der Waals surface area contributed by atoms with E-state index in [-0.39, 0.29) is 18.6 Å². The average Bonchev–Trinajstić information content (AvgIpc) is 3.14. The number of benzene rings is 2. The summed E-state index contributed by atoms with van der Waals surface area (Å²) in [5, 5.41) is 0. The number of hydrogen-bond acceptors (Lipinski definition) is 5. The van der Waals surface area contributed by atoms with E-state index in [9.17, 15) is 9.59 Å². The Morgan fingerprint density at radius 1 is 1.10 bits per heavy atom. The van der Waals surface area contributed by atoms with Gasteiger partial charge >= 0.3 is 12.1 Å². The van der Waals surface area contributed by atoms with E-state index in [0.717, 1.165) is 29.7 Å². The molecule has 1 unspecified atom stereocenters. The minimum Gasteiger partial charge on any atom is -0.489 e. The van der Waals surface area contributed by atoms with Crippen LogP contribution in [0.15, 0.2) is 54.6 Å². The van der Waals surface area contributed by atoms with E-state index >= 15 is 0 Å². The summed E-state index contributed by atoms with van der Waals surface area (Å²) >= 11 is 0. The van der Waals surface area contributed by atoms with Crippen LogP contribution in [0.4, 0.5) is 4.79 Å². The lowest BCUT2D eigenvalue weighted by atomic mass is 10.0. The molecule has 0 saturated carbocycles. The van der Waals surface area contributed by atoms with E-state index in [4.69, 9.17) is 14.2 Å². The molecule has 2 aromatic rings. The molecule has 1 aliphatic heterocycles. The molecule has 0 radical (unpaired) electrons. The van der Waals surface area contributed by atoms with Gasteiger partial charge in [0.2, 0.25) is 0 Å². The zero-order valence-electron chi connectivity index (χ0n) is 18.3. The fourth-order valence-electron chi connectivity index (χ4n) is 3.75. The van der Waals surface area contributed by atoms with Crippen LogP contribution in [-0.4, -0.2) is 42.3 Å². The molecule has 6 nitrogen and oxygen atoms in total. The molecule has 31 heavy (non-hydrogen) atoms. The summed E-state index contributed by atoms with van der Waals surface area (Å²) in [6, 6.07) is 17.1. The number of carbonyl (C=O) groups excluding carboxylic acids is 2. The minimum atomic E-state index is -0.603. The first kappa shape index (κ1) is 22.7. The standard InChI is InChI=1S/C25H31NO5/c1-3-5-11-23(24(27)29-4-2)26-21(18-31-25(26)28)16-19-12-14-22(15-13-19)30-17-20-9-7-6-8-10-20/h6-10,12-15,21,23H,3-5,11,16-18H2,1-2H3/t21-,23?/m0/s1. The van der Waals surface area contributed by atoms with Gasteiger partial charge in [-0.05, 0) is 43.0 Å². The van der Waals surface area contributed by atoms with E-state index < -0.39 is 12.1 Å². The number of esters is 1. The van der Waals surface area contributed by atoms with Gasteiger partial charge in [0.1, 0.15) is 25.0 Å². The maximum absolute atomic E-state index is 12.5. The predicted molar refractivity (Wildman–Crippen MR) is 118 cm³/mol. The number of carbonyl (C=O) groups is 2. The topological polar surface area (TPSA) is 65.1 Å². The normalized spacial score (nSPS) is 16.6. The second kappa shape index (κ2) is 11.4. The highest BCUT2D eigenvalue weighted by Gasteiger charge is 2.41. The second-order valence-electron chi connectivity index (χ2n) is 7.67. The fraction of sp³-hybridized carbons (Fsp3) is 0.440. The Kier molecular flexibility index (Phi) is 8.33.